The van der Waals surface area contributed by atoms with Crippen molar-refractivity contribution in [2.75, 3.05) is 52.4 Å². The van der Waals surface area contributed by atoms with Crippen molar-refractivity contribution in [3.63, 3.8) is 0 Å². The molecule has 0 unspecified atom stereocenters. The van der Waals surface area contributed by atoms with Crippen LogP contribution in [0.5, 0.6) is 0 Å². The summed E-state index contributed by atoms with van der Waals surface area (Å²) in [5.74, 6) is 0. The molecule has 0 aromatic heterocycles. The number of rotatable bonds is 3. The van der Waals surface area contributed by atoms with Gasteiger partial charge in [-0.15, -0.1) is 0 Å². The highest BCUT2D eigenvalue weighted by Crippen LogP contribution is 2.19. The summed E-state index contributed by atoms with van der Waals surface area (Å²) in [4.78, 5) is 10.3. The molecule has 0 saturated carbocycles. The predicted octanol–water partition coefficient (Wildman–Crippen LogP) is 0.148. The number of non-ortho nitro benzene ring substituents is 1. The molecule has 2 rings (SSSR count). The molecule has 0 spiro atoms. The first kappa shape index (κ1) is 20.7. The first-order valence-corrected chi connectivity index (χ1v) is 10.3. The van der Waals surface area contributed by atoms with Crippen LogP contribution in [0, 0.1) is 10.1 Å². The van der Waals surface area contributed by atoms with Gasteiger partial charge in [-0.25, -0.2) is 8.42 Å². The van der Waals surface area contributed by atoms with E-state index >= 15 is 0 Å². The number of nitrogens with one attached hydrogen (secondary N) is 3. The van der Waals surface area contributed by atoms with Gasteiger partial charge in [-0.2, -0.15) is 4.31 Å². The zero-order chi connectivity index (χ0) is 18.8. The molecular formula is C16H27N5O4S. The van der Waals surface area contributed by atoms with Gasteiger partial charge in [0.25, 0.3) is 5.69 Å². The van der Waals surface area contributed by atoms with Gasteiger partial charge in [0.05, 0.1) is 9.82 Å². The van der Waals surface area contributed by atoms with Gasteiger partial charge < -0.3 is 16.0 Å². The lowest BCUT2D eigenvalue weighted by molar-refractivity contribution is -0.384. The molecule has 9 nitrogen and oxygen atoms in total. The monoisotopic (exact) mass is 385 g/mol. The van der Waals surface area contributed by atoms with Crippen molar-refractivity contribution < 1.29 is 13.3 Å². The fourth-order valence-electron chi connectivity index (χ4n) is 2.72. The summed E-state index contributed by atoms with van der Waals surface area (Å²) in [5.41, 5.74) is -0.121. The topological polar surface area (TPSA) is 117 Å². The second-order valence-corrected chi connectivity index (χ2v) is 8.05. The fraction of sp³-hybridized carbons (Fsp3) is 0.625. The molecule has 0 amide bonds. The first-order valence-electron chi connectivity index (χ1n) is 8.88. The Kier molecular flexibility index (Phi) is 8.39. The van der Waals surface area contributed by atoms with Crippen molar-refractivity contribution in [2.45, 2.75) is 17.7 Å². The average molecular weight is 385 g/mol. The van der Waals surface area contributed by atoms with E-state index in [0.29, 0.717) is 26.1 Å². The van der Waals surface area contributed by atoms with Crippen LogP contribution in [-0.4, -0.2) is 70.0 Å². The molecule has 1 aliphatic rings. The largest absolute Gasteiger partial charge is 0.315 e. The highest BCUT2D eigenvalue weighted by atomic mass is 32.2. The summed E-state index contributed by atoms with van der Waals surface area (Å²) in [6, 6.07) is 5.06. The minimum atomic E-state index is -3.68. The van der Waals surface area contributed by atoms with E-state index < -0.39 is 14.9 Å². The average Bonchev–Trinajstić information content (AvgIpc) is 2.63. The van der Waals surface area contributed by atoms with Gasteiger partial charge in [0.1, 0.15) is 0 Å². The van der Waals surface area contributed by atoms with Crippen molar-refractivity contribution in [1.82, 2.24) is 20.3 Å². The number of nitro groups is 1. The summed E-state index contributed by atoms with van der Waals surface area (Å²) in [7, 11) is -3.68. The number of hydrogen-bond donors (Lipinski definition) is 3. The van der Waals surface area contributed by atoms with Crippen LogP contribution in [0.3, 0.4) is 0 Å². The quantitative estimate of drug-likeness (QED) is 0.501. The molecule has 0 radical (unpaired) electrons. The Bertz CT molecular complexity index is 652. The van der Waals surface area contributed by atoms with E-state index in [9.17, 15) is 18.5 Å². The Hall–Kier alpha value is -1.59. The highest BCUT2D eigenvalue weighted by molar-refractivity contribution is 7.89. The molecule has 0 aliphatic carbocycles. The first-order chi connectivity index (χ1) is 12.5. The van der Waals surface area contributed by atoms with Crippen LogP contribution in [0.15, 0.2) is 29.2 Å². The standard InChI is InChI=1S/C16H27N5O4S/c22-21(23)15-3-5-16(6-4-15)26(24,25)20-13-2-9-18-11-10-17-7-1-8-19-12-14-20/h3-6,17-19H,1-2,7-14H2. The third-order valence-corrected chi connectivity index (χ3v) is 6.08. The van der Waals surface area contributed by atoms with Crippen molar-refractivity contribution >= 4 is 15.7 Å². The maximum atomic E-state index is 12.9. The molecule has 1 heterocycles. The summed E-state index contributed by atoms with van der Waals surface area (Å²) < 4.78 is 27.3. The minimum Gasteiger partial charge on any atom is -0.315 e. The number of hydrogen-bond acceptors (Lipinski definition) is 7. The van der Waals surface area contributed by atoms with Gasteiger partial charge in [-0.05, 0) is 44.6 Å². The number of sulfonamides is 1. The Morgan fingerprint density at radius 3 is 2.04 bits per heavy atom. The fourth-order valence-corrected chi connectivity index (χ4v) is 4.19. The van der Waals surface area contributed by atoms with E-state index in [4.69, 9.17) is 0 Å². The molecule has 0 atom stereocenters. The second kappa shape index (κ2) is 10.5. The lowest BCUT2D eigenvalue weighted by atomic mass is 10.3. The molecule has 0 bridgehead atoms. The Morgan fingerprint density at radius 1 is 0.846 bits per heavy atom. The van der Waals surface area contributed by atoms with Crippen LogP contribution < -0.4 is 16.0 Å². The van der Waals surface area contributed by atoms with E-state index in [1.807, 2.05) is 0 Å². The Balaban J connectivity index is 2.07. The van der Waals surface area contributed by atoms with Crippen LogP contribution in [0.4, 0.5) is 5.69 Å². The van der Waals surface area contributed by atoms with Gasteiger partial charge in [-0.1, -0.05) is 0 Å². The number of nitrogens with zero attached hydrogens (tertiary/aromatic N) is 2. The van der Waals surface area contributed by atoms with Gasteiger partial charge >= 0.3 is 0 Å². The van der Waals surface area contributed by atoms with Crippen LogP contribution in [0.25, 0.3) is 0 Å². The van der Waals surface area contributed by atoms with Crippen molar-refractivity contribution in [3.8, 4) is 0 Å². The zero-order valence-electron chi connectivity index (χ0n) is 14.8. The number of nitro benzene ring substituents is 1. The molecule has 10 heteroatoms. The molecule has 1 aromatic rings. The normalized spacial score (nSPS) is 19.5. The Morgan fingerprint density at radius 2 is 1.42 bits per heavy atom. The summed E-state index contributed by atoms with van der Waals surface area (Å²) >= 11 is 0. The van der Waals surface area contributed by atoms with Crippen LogP contribution in [0.2, 0.25) is 0 Å². The van der Waals surface area contributed by atoms with Crippen LogP contribution >= 0.6 is 0 Å². The third-order valence-electron chi connectivity index (χ3n) is 4.17. The SMILES string of the molecule is O=[N+]([O-])c1ccc(S(=O)(=O)N2CCCNCCNCCCNCC2)cc1. The van der Waals surface area contributed by atoms with E-state index in [1.165, 1.54) is 28.6 Å². The Labute approximate surface area is 154 Å². The van der Waals surface area contributed by atoms with E-state index in [-0.39, 0.29) is 10.6 Å². The molecular weight excluding hydrogens is 358 g/mol. The van der Waals surface area contributed by atoms with Crippen LogP contribution in [0.1, 0.15) is 12.8 Å². The second-order valence-electron chi connectivity index (χ2n) is 6.11. The molecule has 1 aromatic carbocycles. The number of benzene rings is 1. The lowest BCUT2D eigenvalue weighted by Gasteiger charge is -2.23. The highest BCUT2D eigenvalue weighted by Gasteiger charge is 2.24. The maximum Gasteiger partial charge on any atom is 0.269 e. The van der Waals surface area contributed by atoms with E-state index in [2.05, 4.69) is 16.0 Å². The predicted molar refractivity (Wildman–Crippen MR) is 99.7 cm³/mol. The smallest absolute Gasteiger partial charge is 0.269 e. The van der Waals surface area contributed by atoms with E-state index in [1.54, 1.807) is 0 Å². The van der Waals surface area contributed by atoms with Crippen molar-refractivity contribution in [1.29, 1.82) is 0 Å². The van der Waals surface area contributed by atoms with Crippen molar-refractivity contribution in [3.05, 3.63) is 34.4 Å². The maximum absolute atomic E-state index is 12.9. The zero-order valence-corrected chi connectivity index (χ0v) is 15.6. The third kappa shape index (κ3) is 6.29. The molecule has 1 fully saturated rings. The lowest BCUT2D eigenvalue weighted by Crippen LogP contribution is -2.40. The van der Waals surface area contributed by atoms with E-state index in [0.717, 1.165) is 39.1 Å². The van der Waals surface area contributed by atoms with Gasteiger partial charge in [-0.3, -0.25) is 10.1 Å². The summed E-state index contributed by atoms with van der Waals surface area (Å²) in [6.07, 6.45) is 1.68. The van der Waals surface area contributed by atoms with Gasteiger partial charge in [0, 0.05) is 44.9 Å². The molecule has 3 N–H and O–H groups in total. The van der Waals surface area contributed by atoms with Gasteiger partial charge in [0.2, 0.25) is 10.0 Å². The molecule has 1 saturated heterocycles. The van der Waals surface area contributed by atoms with Crippen molar-refractivity contribution in [2.24, 2.45) is 0 Å². The molecule has 1 aliphatic heterocycles. The molecule has 26 heavy (non-hydrogen) atoms. The molecule has 146 valence electrons. The van der Waals surface area contributed by atoms with Crippen LogP contribution in [-0.2, 0) is 10.0 Å². The van der Waals surface area contributed by atoms with Gasteiger partial charge in [0.15, 0.2) is 0 Å². The summed E-state index contributed by atoms with van der Waals surface area (Å²) in [6.45, 7) is 5.58. The minimum absolute atomic E-state index is 0.0846. The summed E-state index contributed by atoms with van der Waals surface area (Å²) in [5, 5.41) is 20.7.